The summed E-state index contributed by atoms with van der Waals surface area (Å²) in [4.78, 5) is 16.7. The third-order valence-corrected chi connectivity index (χ3v) is 6.89. The van der Waals surface area contributed by atoms with Crippen LogP contribution in [-0.4, -0.2) is 32.0 Å². The summed E-state index contributed by atoms with van der Waals surface area (Å²) < 4.78 is 1.99. The second kappa shape index (κ2) is 7.80. The fourth-order valence-electron chi connectivity index (χ4n) is 3.88. The first-order valence-corrected chi connectivity index (χ1v) is 10.9. The molecule has 4 rings (SSSR count). The number of thioether (sulfide) groups is 1. The molecule has 7 heteroatoms. The van der Waals surface area contributed by atoms with Gasteiger partial charge in [-0.25, -0.2) is 0 Å². The Hall–Kier alpha value is -2.80. The average Bonchev–Trinajstić information content (AvgIpc) is 2.89. The summed E-state index contributed by atoms with van der Waals surface area (Å²) in [6.07, 6.45) is 3.33. The minimum absolute atomic E-state index is 0.0545. The Labute approximate surface area is 181 Å². The first-order valence-electron chi connectivity index (χ1n) is 10.0. The number of benzene rings is 1. The van der Waals surface area contributed by atoms with Crippen LogP contribution in [0.2, 0.25) is 0 Å². The summed E-state index contributed by atoms with van der Waals surface area (Å²) in [7, 11) is 1.98. The Bertz CT molecular complexity index is 1090. The predicted octanol–water partition coefficient (Wildman–Crippen LogP) is 4.71. The van der Waals surface area contributed by atoms with E-state index in [1.165, 1.54) is 11.1 Å². The molecule has 0 bridgehead atoms. The van der Waals surface area contributed by atoms with Crippen LogP contribution >= 0.6 is 11.8 Å². The lowest BCUT2D eigenvalue weighted by molar-refractivity contribution is 0.102. The van der Waals surface area contributed by atoms with Crippen LogP contribution in [-0.2, 0) is 7.05 Å². The second-order valence-corrected chi connectivity index (χ2v) is 10.2. The summed E-state index contributed by atoms with van der Waals surface area (Å²) in [5, 5.41) is 11.3. The predicted molar refractivity (Wildman–Crippen MR) is 123 cm³/mol. The van der Waals surface area contributed by atoms with E-state index in [4.69, 9.17) is 0 Å². The summed E-state index contributed by atoms with van der Waals surface area (Å²) >= 11 is 1.94. The minimum atomic E-state index is -0.133. The van der Waals surface area contributed by atoms with Gasteiger partial charge in [0.2, 0.25) is 0 Å². The van der Waals surface area contributed by atoms with E-state index < -0.39 is 0 Å². The Balaban J connectivity index is 1.69. The molecule has 1 aromatic carbocycles. The Morgan fingerprint density at radius 2 is 2.10 bits per heavy atom. The fraction of sp³-hybridized carbons (Fsp3) is 0.348. The summed E-state index contributed by atoms with van der Waals surface area (Å²) in [6, 6.07) is 9.60. The van der Waals surface area contributed by atoms with Crippen molar-refractivity contribution >= 4 is 29.2 Å². The lowest BCUT2D eigenvalue weighted by Crippen LogP contribution is -2.26. The molecule has 1 aliphatic heterocycles. The third kappa shape index (κ3) is 3.94. The number of carbonyl (C=O) groups excluding carboxylic acids is 1. The monoisotopic (exact) mass is 421 g/mol. The molecular formula is C23H27N5OS. The number of carbonyl (C=O) groups is 1. The molecule has 1 unspecified atom stereocenters. The van der Waals surface area contributed by atoms with E-state index in [-0.39, 0.29) is 15.9 Å². The Kier molecular flexibility index (Phi) is 5.32. The van der Waals surface area contributed by atoms with Crippen molar-refractivity contribution in [3.05, 3.63) is 70.7 Å². The first-order chi connectivity index (χ1) is 14.2. The number of amides is 1. The number of nitrogens with zero attached hydrogens (tertiary/aromatic N) is 3. The molecule has 3 heterocycles. The van der Waals surface area contributed by atoms with Gasteiger partial charge in [-0.05, 0) is 63.1 Å². The molecule has 1 atom stereocenters. The molecule has 1 aliphatic rings. The lowest BCUT2D eigenvalue weighted by atomic mass is 9.97. The average molecular weight is 422 g/mol. The van der Waals surface area contributed by atoms with Gasteiger partial charge < -0.3 is 10.6 Å². The van der Waals surface area contributed by atoms with Gasteiger partial charge in [-0.3, -0.25) is 14.5 Å². The summed E-state index contributed by atoms with van der Waals surface area (Å²) in [6.45, 7) is 9.53. The molecule has 0 radical (unpaired) electrons. The SMILES string of the molecule is Cc1cc(C(=O)Nc2cccnc2)ccc1C1SC(C)(C)CNc2c1c(C)nn2C. The minimum Gasteiger partial charge on any atom is -0.369 e. The number of hydrogen-bond acceptors (Lipinski definition) is 5. The van der Waals surface area contributed by atoms with E-state index in [0.717, 1.165) is 23.6 Å². The van der Waals surface area contributed by atoms with Crippen LogP contribution < -0.4 is 10.6 Å². The van der Waals surface area contributed by atoms with Gasteiger partial charge in [-0.2, -0.15) is 5.10 Å². The van der Waals surface area contributed by atoms with Crippen LogP contribution in [0.5, 0.6) is 0 Å². The molecule has 0 aliphatic carbocycles. The lowest BCUT2D eigenvalue weighted by Gasteiger charge is -2.27. The van der Waals surface area contributed by atoms with Gasteiger partial charge in [0.1, 0.15) is 5.82 Å². The molecule has 0 saturated heterocycles. The van der Waals surface area contributed by atoms with Crippen molar-refractivity contribution in [1.82, 2.24) is 14.8 Å². The molecular weight excluding hydrogens is 394 g/mol. The van der Waals surface area contributed by atoms with Gasteiger partial charge in [0.25, 0.3) is 5.91 Å². The van der Waals surface area contributed by atoms with Crippen molar-refractivity contribution in [2.24, 2.45) is 7.05 Å². The standard InChI is InChI=1S/C23H27N5OS/c1-14-11-16(22(29)26-17-7-6-10-24-12-17)8-9-18(14)20-19-15(2)27-28(5)21(19)25-13-23(3,4)30-20/h6-12,20,25H,13H2,1-5H3,(H,26,29). The highest BCUT2D eigenvalue weighted by molar-refractivity contribution is 8.01. The second-order valence-electron chi connectivity index (χ2n) is 8.35. The quantitative estimate of drug-likeness (QED) is 0.641. The van der Waals surface area contributed by atoms with Crippen LogP contribution in [0.1, 0.15) is 51.8 Å². The molecule has 1 amide bonds. The number of nitrogens with one attached hydrogen (secondary N) is 2. The van der Waals surface area contributed by atoms with Crippen molar-refractivity contribution in [2.45, 2.75) is 37.7 Å². The number of fused-ring (bicyclic) bond motifs is 1. The molecule has 0 fully saturated rings. The zero-order valence-corrected chi connectivity index (χ0v) is 18.8. The normalized spacial score (nSPS) is 17.6. The van der Waals surface area contributed by atoms with Crippen LogP contribution in [0.25, 0.3) is 0 Å². The topological polar surface area (TPSA) is 71.8 Å². The van der Waals surface area contributed by atoms with Gasteiger partial charge in [0.05, 0.1) is 22.8 Å². The molecule has 3 aromatic rings. The van der Waals surface area contributed by atoms with E-state index in [1.807, 2.05) is 41.7 Å². The van der Waals surface area contributed by atoms with E-state index in [9.17, 15) is 4.79 Å². The maximum absolute atomic E-state index is 12.7. The number of pyridine rings is 1. The van der Waals surface area contributed by atoms with E-state index >= 15 is 0 Å². The third-order valence-electron chi connectivity index (χ3n) is 5.38. The van der Waals surface area contributed by atoms with E-state index in [2.05, 4.69) is 54.5 Å². The number of anilines is 2. The molecule has 0 saturated carbocycles. The fourth-order valence-corrected chi connectivity index (χ4v) is 5.47. The number of hydrogen-bond donors (Lipinski definition) is 2. The highest BCUT2D eigenvalue weighted by atomic mass is 32.2. The zero-order valence-electron chi connectivity index (χ0n) is 18.0. The van der Waals surface area contributed by atoms with Crippen molar-refractivity contribution in [1.29, 1.82) is 0 Å². The largest absolute Gasteiger partial charge is 0.369 e. The van der Waals surface area contributed by atoms with Gasteiger partial charge in [0.15, 0.2) is 0 Å². The van der Waals surface area contributed by atoms with Crippen LogP contribution in [0.4, 0.5) is 11.5 Å². The summed E-state index contributed by atoms with van der Waals surface area (Å²) in [5.74, 6) is 0.944. The van der Waals surface area contributed by atoms with E-state index in [1.54, 1.807) is 18.5 Å². The van der Waals surface area contributed by atoms with Crippen molar-refractivity contribution in [2.75, 3.05) is 17.2 Å². The smallest absolute Gasteiger partial charge is 0.255 e. The Morgan fingerprint density at radius 1 is 1.30 bits per heavy atom. The van der Waals surface area contributed by atoms with Gasteiger partial charge >= 0.3 is 0 Å². The van der Waals surface area contributed by atoms with Gasteiger partial charge in [-0.15, -0.1) is 11.8 Å². The molecule has 156 valence electrons. The molecule has 2 aromatic heterocycles. The molecule has 30 heavy (non-hydrogen) atoms. The Morgan fingerprint density at radius 3 is 2.80 bits per heavy atom. The number of aryl methyl sites for hydroxylation is 3. The van der Waals surface area contributed by atoms with Crippen molar-refractivity contribution in [3.8, 4) is 0 Å². The highest BCUT2D eigenvalue weighted by Crippen LogP contribution is 2.49. The number of aromatic nitrogens is 3. The van der Waals surface area contributed by atoms with Crippen LogP contribution in [0.3, 0.4) is 0 Å². The number of rotatable bonds is 3. The molecule has 2 N–H and O–H groups in total. The van der Waals surface area contributed by atoms with Crippen molar-refractivity contribution in [3.63, 3.8) is 0 Å². The van der Waals surface area contributed by atoms with Crippen LogP contribution in [0, 0.1) is 13.8 Å². The maximum Gasteiger partial charge on any atom is 0.255 e. The first kappa shape index (κ1) is 20.5. The highest BCUT2D eigenvalue weighted by Gasteiger charge is 2.35. The van der Waals surface area contributed by atoms with Gasteiger partial charge in [0, 0.05) is 35.7 Å². The van der Waals surface area contributed by atoms with Gasteiger partial charge in [-0.1, -0.05) is 6.07 Å². The molecule has 0 spiro atoms. The van der Waals surface area contributed by atoms with Crippen LogP contribution in [0.15, 0.2) is 42.7 Å². The zero-order chi connectivity index (χ0) is 21.5. The van der Waals surface area contributed by atoms with E-state index in [0.29, 0.717) is 11.3 Å². The van der Waals surface area contributed by atoms with Crippen molar-refractivity contribution < 1.29 is 4.79 Å². The molecule has 6 nitrogen and oxygen atoms in total. The summed E-state index contributed by atoms with van der Waals surface area (Å²) in [5.41, 5.74) is 5.90. The maximum atomic E-state index is 12.7.